The number of urea groups is 1. The first-order valence-corrected chi connectivity index (χ1v) is 41.2. The number of amides is 9. The molecule has 0 saturated heterocycles. The van der Waals surface area contributed by atoms with Crippen molar-refractivity contribution >= 4 is 139 Å². The number of alkyl halides is 2. The fourth-order valence-electron chi connectivity index (χ4n) is 13.7. The lowest BCUT2D eigenvalue weighted by Crippen LogP contribution is -2.45. The van der Waals surface area contributed by atoms with Crippen LogP contribution < -0.4 is 35.8 Å². The molecule has 4 heterocycles. The number of phosphoric acid groups is 1. The Bertz CT molecular complexity index is 4020. The summed E-state index contributed by atoms with van der Waals surface area (Å²) in [5.41, 5.74) is 12.2. The smallest absolute Gasteiger partial charge is 0.409 e. The average Bonchev–Trinajstić information content (AvgIpc) is 1.60. The molecule has 9 amide bonds. The second-order valence-electron chi connectivity index (χ2n) is 27.9. The number of hydrogen-bond donors (Lipinski definition) is 6. The highest BCUT2D eigenvalue weighted by molar-refractivity contribution is 7.46. The van der Waals surface area contributed by atoms with E-state index in [9.17, 15) is 57.5 Å². The Labute approximate surface area is 653 Å². The minimum atomic E-state index is -4.85. The van der Waals surface area contributed by atoms with Crippen LogP contribution in [-0.2, 0) is 73.0 Å². The summed E-state index contributed by atoms with van der Waals surface area (Å²) >= 11 is 16.1. The van der Waals surface area contributed by atoms with E-state index in [0.717, 1.165) is 60.2 Å². The number of phosphoric ester groups is 1. The number of benzene rings is 3. The molecule has 0 radical (unpaired) electrons. The molecule has 2 aromatic heterocycles. The molecule has 0 spiro atoms. The van der Waals surface area contributed by atoms with Crippen molar-refractivity contribution in [3.05, 3.63) is 92.7 Å². The zero-order valence-corrected chi connectivity index (χ0v) is 67.0. The number of anilines is 2. The van der Waals surface area contributed by atoms with Crippen LogP contribution in [0.15, 0.2) is 59.3 Å². The number of ether oxygens (including phenoxy) is 7. The number of aryl methyl sites for hydroxylation is 3. The number of nitrogens with zero attached hydrogens (tertiary/aromatic N) is 4. The highest BCUT2D eigenvalue weighted by Gasteiger charge is 2.40. The molecule has 6 atom stereocenters. The van der Waals surface area contributed by atoms with E-state index in [1.54, 1.807) is 74.1 Å². The van der Waals surface area contributed by atoms with Gasteiger partial charge in [0.2, 0.25) is 23.6 Å². The van der Waals surface area contributed by atoms with Gasteiger partial charge in [-0.05, 0) is 138 Å². The summed E-state index contributed by atoms with van der Waals surface area (Å²) in [4.78, 5) is 143. The molecule has 33 heteroatoms. The van der Waals surface area contributed by atoms with E-state index >= 15 is 0 Å². The van der Waals surface area contributed by atoms with Gasteiger partial charge in [-0.3, -0.25) is 48.2 Å². The summed E-state index contributed by atoms with van der Waals surface area (Å²) in [6.45, 7) is 14.4. The number of likely N-dealkylation sites (N-methyl/N-ethyl adjacent to an activating group) is 2. The molecule has 0 bridgehead atoms. The fourth-order valence-corrected chi connectivity index (χ4v) is 16.8. The molecule has 8 rings (SSSR count). The second kappa shape index (κ2) is 43.0. The number of Topliss-reactive ketones (excluding diaryl/α,β-unsaturated/α-hetero) is 1. The maximum Gasteiger partial charge on any atom is 0.524 e. The molecule has 109 heavy (non-hydrogen) atoms. The van der Waals surface area contributed by atoms with Gasteiger partial charge in [-0.25, -0.2) is 14.2 Å². The van der Waals surface area contributed by atoms with Gasteiger partial charge in [0.25, 0.3) is 11.8 Å². The maximum atomic E-state index is 14.4. The number of fused-ring (bicyclic) bond motifs is 6. The molecule has 1 aliphatic carbocycles. The standard InChI is InChI=1S/C76H103Cl2N8O20PS2/c1-47(2)71(82-62(88)21-26-99-28-30-101-32-34-103-36-37-104-35-33-102-31-29-100-27-25-85-65(91)19-20-66(85)92)59(87)39-52(11-9-22-80-75(79)94)74(93)81-55-16-13-51(14-17-55)15-18-63(89)83(6)23-24-84(7)76(95)105-60-41-58-70(68-50(5)46-108-72(60)68)54(43-78)44-86(58)64(90)12-8-10-48(3)56-38-53(42-77)69-57(56)40-61(106-107(96,97)98)73-67(69)49(4)45-109-73/h13-14,16-17,19-20,40-41,45-48,52-54,56,71H,8-12,15,18,21-39,42-44H2,1-7H3,(H,81,93)(H,82,88)(H3,79,80,94)(H2,96,97,98)/t48?,52-,53+,54-,56?,71+/m1/s1. The summed E-state index contributed by atoms with van der Waals surface area (Å²) in [5, 5.41) is 14.0. The number of hydrogen-bond acceptors (Lipinski definition) is 20. The minimum absolute atomic E-state index is 0.0145. The molecule has 2 unspecified atom stereocenters. The zero-order valence-electron chi connectivity index (χ0n) is 62.9. The third-order valence-corrected chi connectivity index (χ3v) is 23.0. The number of carbonyl (C=O) groups is 9. The number of imide groups is 1. The van der Waals surface area contributed by atoms with E-state index in [0.29, 0.717) is 113 Å². The van der Waals surface area contributed by atoms with Gasteiger partial charge in [0.05, 0.1) is 107 Å². The first-order chi connectivity index (χ1) is 52.2. The molecule has 0 fully saturated rings. The zero-order chi connectivity index (χ0) is 78.9. The summed E-state index contributed by atoms with van der Waals surface area (Å²) in [5.74, 6) is -2.16. The van der Waals surface area contributed by atoms with Gasteiger partial charge >= 0.3 is 19.9 Å². The summed E-state index contributed by atoms with van der Waals surface area (Å²) in [6.07, 6.45) is 4.94. The molecule has 0 saturated carbocycles. The molecule has 598 valence electrons. The first kappa shape index (κ1) is 87.4. The number of carbonyl (C=O) groups excluding carboxylic acids is 9. The number of nitrogens with one attached hydrogen (secondary N) is 3. The third-order valence-electron chi connectivity index (χ3n) is 19.6. The van der Waals surface area contributed by atoms with E-state index < -0.39 is 43.7 Å². The van der Waals surface area contributed by atoms with Gasteiger partial charge in [0.15, 0.2) is 11.5 Å². The second-order valence-corrected chi connectivity index (χ2v) is 31.4. The van der Waals surface area contributed by atoms with Crippen molar-refractivity contribution in [2.45, 2.75) is 123 Å². The Hall–Kier alpha value is -7.16. The van der Waals surface area contributed by atoms with Crippen LogP contribution in [0.25, 0.3) is 20.2 Å². The van der Waals surface area contributed by atoms with E-state index in [1.165, 1.54) is 39.7 Å². The molecule has 5 aromatic rings. The monoisotopic (exact) mass is 1610 g/mol. The lowest BCUT2D eigenvalue weighted by Gasteiger charge is -2.24. The Balaban J connectivity index is 0.730. The summed E-state index contributed by atoms with van der Waals surface area (Å²) in [7, 11) is -1.60. The van der Waals surface area contributed by atoms with Crippen molar-refractivity contribution in [1.82, 2.24) is 25.3 Å². The molecular weight excluding hydrogens is 1510 g/mol. The highest BCUT2D eigenvalue weighted by atomic mass is 35.5. The van der Waals surface area contributed by atoms with Gasteiger partial charge in [-0.2, -0.15) is 0 Å². The summed E-state index contributed by atoms with van der Waals surface area (Å²) in [6, 6.07) is 8.92. The quantitative estimate of drug-likeness (QED) is 0.00912. The van der Waals surface area contributed by atoms with Crippen LogP contribution >= 0.6 is 53.7 Å². The highest BCUT2D eigenvalue weighted by Crippen LogP contribution is 2.56. The van der Waals surface area contributed by atoms with E-state index in [-0.39, 0.29) is 155 Å². The number of halogens is 2. The Morgan fingerprint density at radius 1 is 0.706 bits per heavy atom. The van der Waals surface area contributed by atoms with Crippen LogP contribution in [0.3, 0.4) is 0 Å². The van der Waals surface area contributed by atoms with Gasteiger partial charge in [0.1, 0.15) is 5.75 Å². The predicted molar refractivity (Wildman–Crippen MR) is 417 cm³/mol. The Morgan fingerprint density at radius 3 is 1.85 bits per heavy atom. The lowest BCUT2D eigenvalue weighted by atomic mass is 9.84. The van der Waals surface area contributed by atoms with Crippen molar-refractivity contribution in [2.75, 3.05) is 148 Å². The Morgan fingerprint density at radius 2 is 1.28 bits per heavy atom. The van der Waals surface area contributed by atoms with Crippen LogP contribution in [0, 0.1) is 31.6 Å². The molecule has 3 aliphatic rings. The van der Waals surface area contributed by atoms with Crippen molar-refractivity contribution in [3.63, 3.8) is 0 Å². The largest absolute Gasteiger partial charge is 0.524 e. The van der Waals surface area contributed by atoms with E-state index in [1.807, 2.05) is 24.6 Å². The van der Waals surface area contributed by atoms with Gasteiger partial charge in [-0.15, -0.1) is 45.9 Å². The third kappa shape index (κ3) is 25.4. The van der Waals surface area contributed by atoms with Crippen LogP contribution in [0.4, 0.5) is 21.0 Å². The number of nitrogens with two attached hydrogens (primary N) is 1. The van der Waals surface area contributed by atoms with E-state index in [2.05, 4.69) is 22.9 Å². The van der Waals surface area contributed by atoms with Crippen molar-refractivity contribution in [1.29, 1.82) is 0 Å². The normalized spacial score (nSPS) is 16.2. The first-order valence-electron chi connectivity index (χ1n) is 36.9. The van der Waals surface area contributed by atoms with Crippen LogP contribution in [0.5, 0.6) is 11.5 Å². The number of primary amides is 1. The Kier molecular flexibility index (Phi) is 34.5. The topological polar surface area (TPSA) is 360 Å². The van der Waals surface area contributed by atoms with E-state index in [4.69, 9.17) is 66.6 Å². The lowest BCUT2D eigenvalue weighted by molar-refractivity contribution is -0.138. The molecule has 3 aromatic carbocycles. The maximum absolute atomic E-state index is 14.4. The minimum Gasteiger partial charge on any atom is -0.409 e. The molecule has 2 aliphatic heterocycles. The predicted octanol–water partition coefficient (Wildman–Crippen LogP) is 10.2. The number of ketones is 1. The van der Waals surface area contributed by atoms with Crippen molar-refractivity contribution < 1.29 is 95.2 Å². The fraction of sp³-hybridized carbons (Fsp3) is 0.566. The van der Waals surface area contributed by atoms with Crippen LogP contribution in [0.1, 0.15) is 130 Å². The summed E-state index contributed by atoms with van der Waals surface area (Å²) < 4.78 is 57.9. The molecular formula is C76H103Cl2N8O20PS2. The number of rotatable bonds is 48. The average molecular weight is 1610 g/mol. The van der Waals surface area contributed by atoms with Crippen molar-refractivity contribution in [2.24, 2.45) is 23.5 Å². The molecule has 28 nitrogen and oxygen atoms in total. The van der Waals surface area contributed by atoms with Gasteiger partial charge in [0, 0.05) is 124 Å². The van der Waals surface area contributed by atoms with Crippen LogP contribution in [0.2, 0.25) is 0 Å². The molecule has 7 N–H and O–H groups in total. The van der Waals surface area contributed by atoms with Gasteiger partial charge < -0.3 is 74.1 Å². The van der Waals surface area contributed by atoms with Crippen molar-refractivity contribution in [3.8, 4) is 11.5 Å². The van der Waals surface area contributed by atoms with Crippen LogP contribution in [-0.4, -0.2) is 222 Å². The van der Waals surface area contributed by atoms with Gasteiger partial charge in [-0.1, -0.05) is 32.9 Å². The SMILES string of the molecule is Cc1csc2c(OP(=O)(O)O)cc3c(c12)[C@H](CCl)CC3C(C)CCCC(=O)N1C[C@@H](CCl)c2c1cc(OC(=O)N(C)CCN(C)C(=O)CCc1ccc(NC(=O)[C@H](CCCNC(N)=O)CC(=O)[C@@H](NC(=O)CCOCCOCCOCCOCCOCCOCCN3C(=O)C=CC3=O)C(C)C)cc1)c1scc(C)c21. The number of thiophene rings is 2.